The number of hydrogen-bond acceptors (Lipinski definition) is 4. The number of nitrogens with one attached hydrogen (secondary N) is 1. The van der Waals surface area contributed by atoms with E-state index in [4.69, 9.17) is 11.6 Å². The van der Waals surface area contributed by atoms with Gasteiger partial charge in [0, 0.05) is 18.8 Å². The quantitative estimate of drug-likeness (QED) is 0.820. The molecule has 0 radical (unpaired) electrons. The fourth-order valence-electron chi connectivity index (χ4n) is 2.68. The Balaban J connectivity index is 1.80. The number of nitrogens with zero attached hydrogens (tertiary/aromatic N) is 2. The number of likely N-dealkylation sites (N-methyl/N-ethyl adjacent to an activating group) is 1. The summed E-state index contributed by atoms with van der Waals surface area (Å²) in [7, 11) is 1.72. The van der Waals surface area contributed by atoms with Crippen LogP contribution in [0.1, 0.15) is 36.4 Å². The van der Waals surface area contributed by atoms with Gasteiger partial charge in [0.25, 0.3) is 0 Å². The number of thiazole rings is 1. The van der Waals surface area contributed by atoms with E-state index in [-0.39, 0.29) is 11.9 Å². The smallest absolute Gasteiger partial charge is 0.237 e. The van der Waals surface area contributed by atoms with Crippen molar-refractivity contribution in [1.29, 1.82) is 0 Å². The molecule has 2 heterocycles. The standard InChI is InChI=1S/C14H22ClN3OS/c1-16-14(19)12-5-2-3-7-18(12)8-4-6-13-17-11(9-15)10-20-13/h10,12H,2-9H2,1H3,(H,16,19). The average Bonchev–Trinajstić information content (AvgIpc) is 2.95. The number of aryl methyl sites for hydroxylation is 1. The minimum absolute atomic E-state index is 0.0587. The summed E-state index contributed by atoms with van der Waals surface area (Å²) >= 11 is 7.44. The van der Waals surface area contributed by atoms with E-state index < -0.39 is 0 Å². The molecule has 0 aliphatic carbocycles. The number of alkyl halides is 1. The van der Waals surface area contributed by atoms with Gasteiger partial charge in [-0.05, 0) is 32.4 Å². The third-order valence-electron chi connectivity index (χ3n) is 3.73. The van der Waals surface area contributed by atoms with Gasteiger partial charge in [0.15, 0.2) is 0 Å². The van der Waals surface area contributed by atoms with Crippen molar-refractivity contribution in [3.63, 3.8) is 0 Å². The molecular formula is C14H22ClN3OS. The third kappa shape index (κ3) is 4.17. The topological polar surface area (TPSA) is 45.2 Å². The maximum absolute atomic E-state index is 11.9. The van der Waals surface area contributed by atoms with Gasteiger partial charge in [0.05, 0.1) is 22.6 Å². The predicted molar refractivity (Wildman–Crippen MR) is 83.3 cm³/mol. The van der Waals surface area contributed by atoms with Gasteiger partial charge in [0.1, 0.15) is 0 Å². The molecule has 1 amide bonds. The largest absolute Gasteiger partial charge is 0.358 e. The monoisotopic (exact) mass is 315 g/mol. The molecule has 2 rings (SSSR count). The van der Waals surface area contributed by atoms with Crippen LogP contribution in [0.4, 0.5) is 0 Å². The summed E-state index contributed by atoms with van der Waals surface area (Å²) in [4.78, 5) is 18.7. The van der Waals surface area contributed by atoms with Gasteiger partial charge in [-0.2, -0.15) is 0 Å². The molecule has 112 valence electrons. The number of hydrogen-bond donors (Lipinski definition) is 1. The normalized spacial score (nSPS) is 20.0. The Hall–Kier alpha value is -0.650. The highest BCUT2D eigenvalue weighted by Gasteiger charge is 2.27. The molecule has 1 unspecified atom stereocenters. The van der Waals surface area contributed by atoms with Crippen LogP contribution in [0.5, 0.6) is 0 Å². The summed E-state index contributed by atoms with van der Waals surface area (Å²) < 4.78 is 0. The minimum Gasteiger partial charge on any atom is -0.358 e. The highest BCUT2D eigenvalue weighted by molar-refractivity contribution is 7.09. The van der Waals surface area contributed by atoms with E-state index in [0.717, 1.165) is 49.5 Å². The lowest BCUT2D eigenvalue weighted by Gasteiger charge is -2.34. The fourth-order valence-corrected chi connectivity index (χ4v) is 3.75. The Labute approximate surface area is 129 Å². The lowest BCUT2D eigenvalue weighted by atomic mass is 10.0. The highest BCUT2D eigenvalue weighted by atomic mass is 35.5. The second kappa shape index (κ2) is 7.96. The minimum atomic E-state index is 0.0587. The van der Waals surface area contributed by atoms with Gasteiger partial charge in [-0.25, -0.2) is 4.98 Å². The Morgan fingerprint density at radius 3 is 3.15 bits per heavy atom. The van der Waals surface area contributed by atoms with E-state index in [2.05, 4.69) is 15.2 Å². The molecule has 1 saturated heterocycles. The maximum atomic E-state index is 11.9. The van der Waals surface area contributed by atoms with Crippen LogP contribution in [0, 0.1) is 0 Å². The van der Waals surface area contributed by atoms with Crippen molar-refractivity contribution in [2.75, 3.05) is 20.1 Å². The number of piperidine rings is 1. The zero-order valence-corrected chi connectivity index (χ0v) is 13.5. The lowest BCUT2D eigenvalue weighted by molar-refractivity contribution is -0.127. The first-order valence-electron chi connectivity index (χ1n) is 7.19. The number of rotatable bonds is 6. The number of halogens is 1. The molecule has 6 heteroatoms. The van der Waals surface area contributed by atoms with Gasteiger partial charge >= 0.3 is 0 Å². The van der Waals surface area contributed by atoms with Crippen LogP contribution in [-0.4, -0.2) is 42.0 Å². The van der Waals surface area contributed by atoms with Crippen LogP contribution in [0.3, 0.4) is 0 Å². The maximum Gasteiger partial charge on any atom is 0.237 e. The average molecular weight is 316 g/mol. The molecule has 1 atom stereocenters. The van der Waals surface area contributed by atoms with Crippen LogP contribution in [0.2, 0.25) is 0 Å². The first-order valence-corrected chi connectivity index (χ1v) is 8.61. The predicted octanol–water partition coefficient (Wildman–Crippen LogP) is 2.42. The fraction of sp³-hybridized carbons (Fsp3) is 0.714. The van der Waals surface area contributed by atoms with E-state index in [1.807, 2.05) is 5.38 Å². The molecule has 1 aliphatic rings. The number of carbonyl (C=O) groups excluding carboxylic acids is 1. The Morgan fingerprint density at radius 1 is 1.60 bits per heavy atom. The van der Waals surface area contributed by atoms with E-state index in [9.17, 15) is 4.79 Å². The molecule has 0 bridgehead atoms. The molecular weight excluding hydrogens is 294 g/mol. The molecule has 4 nitrogen and oxygen atoms in total. The van der Waals surface area contributed by atoms with Crippen molar-refractivity contribution >= 4 is 28.8 Å². The molecule has 1 fully saturated rings. The highest BCUT2D eigenvalue weighted by Crippen LogP contribution is 2.19. The molecule has 0 saturated carbocycles. The van der Waals surface area contributed by atoms with Crippen LogP contribution in [0.25, 0.3) is 0 Å². The SMILES string of the molecule is CNC(=O)C1CCCCN1CCCc1nc(CCl)cs1. The summed E-state index contributed by atoms with van der Waals surface area (Å²) in [5.41, 5.74) is 0.966. The van der Waals surface area contributed by atoms with Crippen molar-refractivity contribution < 1.29 is 4.79 Å². The number of aromatic nitrogens is 1. The number of carbonyl (C=O) groups is 1. The van der Waals surface area contributed by atoms with E-state index in [1.54, 1.807) is 18.4 Å². The first kappa shape index (κ1) is 15.7. The van der Waals surface area contributed by atoms with Gasteiger partial charge in [0.2, 0.25) is 5.91 Å². The van der Waals surface area contributed by atoms with E-state index in [0.29, 0.717) is 5.88 Å². The van der Waals surface area contributed by atoms with Crippen LogP contribution < -0.4 is 5.32 Å². The zero-order chi connectivity index (χ0) is 14.4. The molecule has 1 aromatic rings. The van der Waals surface area contributed by atoms with Crippen LogP contribution in [-0.2, 0) is 17.1 Å². The lowest BCUT2D eigenvalue weighted by Crippen LogP contribution is -2.48. The molecule has 1 aliphatic heterocycles. The van der Waals surface area contributed by atoms with Gasteiger partial charge in [-0.3, -0.25) is 9.69 Å². The van der Waals surface area contributed by atoms with E-state index in [1.165, 1.54) is 6.42 Å². The van der Waals surface area contributed by atoms with E-state index >= 15 is 0 Å². The second-order valence-electron chi connectivity index (χ2n) is 5.13. The molecule has 0 aromatic carbocycles. The molecule has 1 N–H and O–H groups in total. The van der Waals surface area contributed by atoms with Crippen molar-refractivity contribution in [1.82, 2.24) is 15.2 Å². The van der Waals surface area contributed by atoms with Crippen molar-refractivity contribution in [2.24, 2.45) is 0 Å². The molecule has 1 aromatic heterocycles. The summed E-state index contributed by atoms with van der Waals surface area (Å²) in [6.45, 7) is 2.00. The van der Waals surface area contributed by atoms with Crippen molar-refractivity contribution in [3.05, 3.63) is 16.1 Å². The first-order chi connectivity index (χ1) is 9.74. The third-order valence-corrected chi connectivity index (χ3v) is 4.97. The molecule has 20 heavy (non-hydrogen) atoms. The zero-order valence-electron chi connectivity index (χ0n) is 11.9. The summed E-state index contributed by atoms with van der Waals surface area (Å²) in [5, 5.41) is 5.95. The van der Waals surface area contributed by atoms with Crippen molar-refractivity contribution in [2.45, 2.75) is 44.0 Å². The number of amides is 1. The summed E-state index contributed by atoms with van der Waals surface area (Å²) in [6, 6.07) is 0.0587. The second-order valence-corrected chi connectivity index (χ2v) is 6.34. The Kier molecular flexibility index (Phi) is 6.26. The van der Waals surface area contributed by atoms with Crippen molar-refractivity contribution in [3.8, 4) is 0 Å². The number of likely N-dealkylation sites (tertiary alicyclic amines) is 1. The Bertz CT molecular complexity index is 438. The van der Waals surface area contributed by atoms with Crippen LogP contribution >= 0.6 is 22.9 Å². The van der Waals surface area contributed by atoms with Crippen LogP contribution in [0.15, 0.2) is 5.38 Å². The van der Waals surface area contributed by atoms with Gasteiger partial charge in [-0.15, -0.1) is 22.9 Å². The molecule has 0 spiro atoms. The summed E-state index contributed by atoms with van der Waals surface area (Å²) in [5.74, 6) is 0.643. The van der Waals surface area contributed by atoms with Gasteiger partial charge < -0.3 is 5.32 Å². The van der Waals surface area contributed by atoms with Gasteiger partial charge in [-0.1, -0.05) is 6.42 Å². The Morgan fingerprint density at radius 2 is 2.45 bits per heavy atom. The summed E-state index contributed by atoms with van der Waals surface area (Å²) in [6.07, 6.45) is 5.34.